The van der Waals surface area contributed by atoms with Crippen molar-refractivity contribution in [3.05, 3.63) is 24.3 Å². The van der Waals surface area contributed by atoms with Crippen molar-refractivity contribution in [1.29, 1.82) is 0 Å². The van der Waals surface area contributed by atoms with Crippen molar-refractivity contribution in [1.82, 2.24) is 0 Å². The number of benzene rings is 1. The molecular formula is C32H43NO4. The third kappa shape index (κ3) is 3.40. The van der Waals surface area contributed by atoms with Gasteiger partial charge in [0.2, 0.25) is 5.91 Å². The van der Waals surface area contributed by atoms with Crippen molar-refractivity contribution in [2.24, 2.45) is 51.8 Å². The fourth-order valence-electron chi connectivity index (χ4n) is 11.5. The van der Waals surface area contributed by atoms with E-state index in [0.717, 1.165) is 61.8 Å². The number of carboxylic acids is 1. The number of anilines is 1. The molecular weight excluding hydrogens is 462 g/mol. The zero-order valence-electron chi connectivity index (χ0n) is 22.6. The normalized spacial score (nSPS) is 45.4. The van der Waals surface area contributed by atoms with E-state index in [-0.39, 0.29) is 17.2 Å². The Morgan fingerprint density at radius 1 is 0.919 bits per heavy atom. The van der Waals surface area contributed by atoms with Crippen LogP contribution >= 0.6 is 0 Å². The van der Waals surface area contributed by atoms with Gasteiger partial charge in [-0.05, 0) is 135 Å². The number of aliphatic carboxylic acids is 1. The molecule has 5 heteroatoms. The number of rotatable bonds is 5. The lowest BCUT2D eigenvalue weighted by Crippen LogP contribution is -2.46. The van der Waals surface area contributed by atoms with E-state index >= 15 is 0 Å². The summed E-state index contributed by atoms with van der Waals surface area (Å²) >= 11 is 0. The molecule has 5 nitrogen and oxygen atoms in total. The topological polar surface area (TPSA) is 66.8 Å². The molecule has 6 aliphatic carbocycles. The van der Waals surface area contributed by atoms with Crippen LogP contribution in [0, 0.1) is 51.8 Å². The first-order valence-corrected chi connectivity index (χ1v) is 14.9. The Kier molecular flexibility index (Phi) is 5.34. The molecule has 200 valence electrons. The van der Waals surface area contributed by atoms with Gasteiger partial charge < -0.3 is 14.7 Å². The lowest BCUT2D eigenvalue weighted by atomic mass is 9.50. The maximum atomic E-state index is 13.7. The minimum atomic E-state index is -0.490. The summed E-state index contributed by atoms with van der Waals surface area (Å²) in [6.45, 7) is 0. The van der Waals surface area contributed by atoms with Crippen LogP contribution in [-0.2, 0) is 9.59 Å². The Balaban J connectivity index is 1.14. The molecule has 0 radical (unpaired) electrons. The molecule has 0 aromatic heterocycles. The molecule has 1 aromatic carbocycles. The van der Waals surface area contributed by atoms with E-state index in [1.165, 1.54) is 44.9 Å². The van der Waals surface area contributed by atoms with Crippen LogP contribution in [0.1, 0.15) is 83.5 Å². The molecule has 0 spiro atoms. The molecule has 6 saturated carbocycles. The Labute approximate surface area is 221 Å². The number of carbonyl (C=O) groups is 2. The molecule has 0 saturated heterocycles. The second-order valence-electron chi connectivity index (χ2n) is 14.3. The standard InChI is InChI=1S/C32H43NO4/c1-33(26-5-7-27(37-2)8-6-26)28(34)22-10-21-11-23-16-30(15-21,17-24(23)13-22)31-14-20-4-3-9-32(19-31,29(35)36)25(12-20)18-31/h5-8,20-25H,3-4,9-19H2,1-2H3,(H,35,36). The van der Waals surface area contributed by atoms with Crippen LogP contribution < -0.4 is 9.64 Å². The van der Waals surface area contributed by atoms with Crippen molar-refractivity contribution >= 4 is 17.6 Å². The van der Waals surface area contributed by atoms with Gasteiger partial charge in [0.1, 0.15) is 5.75 Å². The summed E-state index contributed by atoms with van der Waals surface area (Å²) in [5.74, 6) is 3.80. The second-order valence-corrected chi connectivity index (χ2v) is 14.3. The number of nitrogens with zero attached hydrogens (tertiary/aromatic N) is 1. The molecule has 0 aliphatic heterocycles. The van der Waals surface area contributed by atoms with Crippen LogP contribution in [0.4, 0.5) is 5.69 Å². The number of hydrogen-bond acceptors (Lipinski definition) is 3. The predicted molar refractivity (Wildman–Crippen MR) is 142 cm³/mol. The third-order valence-corrected chi connectivity index (χ3v) is 12.8. The van der Waals surface area contributed by atoms with Gasteiger partial charge in [0, 0.05) is 18.7 Å². The van der Waals surface area contributed by atoms with E-state index < -0.39 is 11.4 Å². The fraction of sp³-hybridized carbons (Fsp3) is 0.750. The first-order valence-electron chi connectivity index (χ1n) is 14.9. The molecule has 1 amide bonds. The van der Waals surface area contributed by atoms with Gasteiger partial charge in [-0.15, -0.1) is 0 Å². The number of hydrogen-bond donors (Lipinski definition) is 1. The summed E-state index contributed by atoms with van der Waals surface area (Å²) in [5, 5.41) is 10.5. The zero-order valence-corrected chi connectivity index (χ0v) is 22.6. The summed E-state index contributed by atoms with van der Waals surface area (Å²) in [4.78, 5) is 28.4. The molecule has 1 N–H and O–H groups in total. The number of ether oxygens (including phenoxy) is 1. The van der Waals surface area contributed by atoms with Crippen molar-refractivity contribution in [3.8, 4) is 5.75 Å². The quantitative estimate of drug-likeness (QED) is 0.493. The maximum absolute atomic E-state index is 13.7. The van der Waals surface area contributed by atoms with Crippen molar-refractivity contribution in [2.45, 2.75) is 83.5 Å². The van der Waals surface area contributed by atoms with Gasteiger partial charge in [0.25, 0.3) is 0 Å². The molecule has 37 heavy (non-hydrogen) atoms. The number of carbonyl (C=O) groups excluding carboxylic acids is 1. The highest BCUT2D eigenvalue weighted by molar-refractivity contribution is 5.94. The summed E-state index contributed by atoms with van der Waals surface area (Å²) in [5.41, 5.74) is 1.04. The van der Waals surface area contributed by atoms with E-state index in [1.54, 1.807) is 7.11 Å². The molecule has 9 atom stereocenters. The van der Waals surface area contributed by atoms with Crippen molar-refractivity contribution < 1.29 is 19.4 Å². The van der Waals surface area contributed by atoms with E-state index in [4.69, 9.17) is 4.74 Å². The minimum Gasteiger partial charge on any atom is -0.497 e. The average Bonchev–Trinajstić information content (AvgIpc) is 3.18. The molecule has 6 aliphatic rings. The second kappa shape index (κ2) is 8.23. The summed E-state index contributed by atoms with van der Waals surface area (Å²) < 4.78 is 5.30. The van der Waals surface area contributed by atoms with Gasteiger partial charge in [-0.1, -0.05) is 12.8 Å². The lowest BCUT2D eigenvalue weighted by Gasteiger charge is -2.55. The van der Waals surface area contributed by atoms with Crippen molar-refractivity contribution in [3.63, 3.8) is 0 Å². The molecule has 6 bridgehead atoms. The summed E-state index contributed by atoms with van der Waals surface area (Å²) in [6.07, 6.45) is 14.9. The monoisotopic (exact) mass is 505 g/mol. The third-order valence-electron chi connectivity index (χ3n) is 12.8. The minimum absolute atomic E-state index is 0.105. The Morgan fingerprint density at radius 3 is 2.38 bits per heavy atom. The maximum Gasteiger partial charge on any atom is 0.309 e. The van der Waals surface area contributed by atoms with Gasteiger partial charge in [0.15, 0.2) is 0 Å². The van der Waals surface area contributed by atoms with Gasteiger partial charge in [0.05, 0.1) is 12.5 Å². The van der Waals surface area contributed by atoms with Crippen molar-refractivity contribution in [2.75, 3.05) is 19.1 Å². The highest BCUT2D eigenvalue weighted by atomic mass is 16.5. The van der Waals surface area contributed by atoms with Gasteiger partial charge in [-0.2, -0.15) is 0 Å². The summed E-state index contributed by atoms with van der Waals surface area (Å²) in [6, 6.07) is 7.82. The smallest absolute Gasteiger partial charge is 0.309 e. The Hall–Kier alpha value is -2.04. The number of amides is 1. The van der Waals surface area contributed by atoms with Crippen LogP contribution in [0.5, 0.6) is 5.75 Å². The SMILES string of the molecule is COc1ccc(N(C)C(=O)C2CC3CC4CC(C56CC7CCCC(C(=O)O)(C5)C(C7)C6)(C3)CC4C2)cc1. The first-order chi connectivity index (χ1) is 17.8. The van der Waals surface area contributed by atoms with Crippen LogP contribution in [0.15, 0.2) is 24.3 Å². The zero-order chi connectivity index (χ0) is 25.6. The predicted octanol–water partition coefficient (Wildman–Crippen LogP) is 6.55. The first kappa shape index (κ1) is 24.0. The summed E-state index contributed by atoms with van der Waals surface area (Å²) in [7, 11) is 3.59. The number of methoxy groups -OCH3 is 1. The highest BCUT2D eigenvalue weighted by Crippen LogP contribution is 2.77. The Bertz CT molecular complexity index is 1100. The van der Waals surface area contributed by atoms with E-state index in [9.17, 15) is 14.7 Å². The van der Waals surface area contributed by atoms with E-state index in [0.29, 0.717) is 23.2 Å². The van der Waals surface area contributed by atoms with Gasteiger partial charge in [-0.25, -0.2) is 0 Å². The van der Waals surface area contributed by atoms with E-state index in [1.807, 2.05) is 36.2 Å². The molecule has 0 heterocycles. The number of carboxylic acid groups (broad SMARTS) is 1. The van der Waals surface area contributed by atoms with Gasteiger partial charge >= 0.3 is 5.97 Å². The average molecular weight is 506 g/mol. The molecule has 1 aromatic rings. The fourth-order valence-corrected chi connectivity index (χ4v) is 11.5. The van der Waals surface area contributed by atoms with Crippen LogP contribution in [0.3, 0.4) is 0 Å². The molecule has 9 unspecified atom stereocenters. The van der Waals surface area contributed by atoms with Crippen LogP contribution in [-0.4, -0.2) is 31.1 Å². The Morgan fingerprint density at radius 2 is 1.65 bits per heavy atom. The van der Waals surface area contributed by atoms with Crippen LogP contribution in [0.2, 0.25) is 0 Å². The van der Waals surface area contributed by atoms with E-state index in [2.05, 4.69) is 0 Å². The highest BCUT2D eigenvalue weighted by Gasteiger charge is 2.71. The molecule has 7 rings (SSSR count). The van der Waals surface area contributed by atoms with Crippen LogP contribution in [0.25, 0.3) is 0 Å². The lowest BCUT2D eigenvalue weighted by molar-refractivity contribution is -0.152. The molecule has 6 fully saturated rings. The van der Waals surface area contributed by atoms with Gasteiger partial charge in [-0.3, -0.25) is 9.59 Å². The number of fused-ring (bicyclic) bond motifs is 5. The largest absolute Gasteiger partial charge is 0.497 e.